The second-order valence-corrected chi connectivity index (χ2v) is 9.97. The largest absolute Gasteiger partial charge is 0.264 e. The number of hydrogen-bond acceptors (Lipinski definition) is 1. The number of hydrogen-bond donors (Lipinski definition) is 0. The van der Waals surface area contributed by atoms with Crippen LogP contribution < -0.4 is 0 Å². The van der Waals surface area contributed by atoms with Crippen molar-refractivity contribution in [3.05, 3.63) is 140 Å². The van der Waals surface area contributed by atoms with Crippen molar-refractivity contribution >= 4 is 53.9 Å². The fourth-order valence-corrected chi connectivity index (χ4v) is 6.23. The third-order valence-electron chi connectivity index (χ3n) is 7.90. The van der Waals surface area contributed by atoms with Crippen LogP contribution in [0.15, 0.2) is 140 Å². The Kier molecular flexibility index (Phi) is 4.59. The van der Waals surface area contributed by atoms with Gasteiger partial charge in [-0.05, 0) is 88.9 Å². The molecule has 0 radical (unpaired) electrons. The molecule has 0 N–H and O–H groups in total. The molecule has 176 valence electrons. The third kappa shape index (κ3) is 3.09. The monoisotopic (exact) mass is 481 g/mol. The number of aromatic nitrogens is 1. The predicted octanol–water partition coefficient (Wildman–Crippen LogP) is 10.2. The van der Waals surface area contributed by atoms with Crippen LogP contribution >= 0.6 is 0 Å². The van der Waals surface area contributed by atoms with E-state index in [1.165, 1.54) is 76.1 Å². The van der Waals surface area contributed by atoms with E-state index < -0.39 is 0 Å². The molecule has 0 aliphatic rings. The smallest absolute Gasteiger partial charge is 0.0353 e. The Balaban J connectivity index is 1.55. The summed E-state index contributed by atoms with van der Waals surface area (Å²) in [6.45, 7) is 0. The summed E-state index contributed by atoms with van der Waals surface area (Å²) in [7, 11) is 0. The van der Waals surface area contributed by atoms with Gasteiger partial charge in [0.2, 0.25) is 0 Å². The normalized spacial score (nSPS) is 11.7. The van der Waals surface area contributed by atoms with E-state index in [2.05, 4.69) is 132 Å². The van der Waals surface area contributed by atoms with Gasteiger partial charge < -0.3 is 0 Å². The van der Waals surface area contributed by atoms with E-state index in [0.29, 0.717) is 0 Å². The van der Waals surface area contributed by atoms with Crippen molar-refractivity contribution in [2.45, 2.75) is 0 Å². The van der Waals surface area contributed by atoms with Gasteiger partial charge in [0.1, 0.15) is 0 Å². The van der Waals surface area contributed by atoms with E-state index in [0.717, 1.165) is 0 Å². The maximum Gasteiger partial charge on any atom is 0.0353 e. The van der Waals surface area contributed by atoms with E-state index in [1.54, 1.807) is 0 Å². The van der Waals surface area contributed by atoms with Crippen molar-refractivity contribution in [2.75, 3.05) is 0 Å². The predicted molar refractivity (Wildman–Crippen MR) is 163 cm³/mol. The number of rotatable bonds is 2. The number of pyridine rings is 1. The molecule has 0 aliphatic heterocycles. The number of fused-ring (bicyclic) bond motifs is 6. The van der Waals surface area contributed by atoms with Crippen LogP contribution in [0, 0.1) is 0 Å². The van der Waals surface area contributed by atoms with Crippen molar-refractivity contribution in [1.82, 2.24) is 4.98 Å². The van der Waals surface area contributed by atoms with Crippen molar-refractivity contribution in [1.29, 1.82) is 0 Å². The highest BCUT2D eigenvalue weighted by Gasteiger charge is 2.19. The molecule has 1 heteroatoms. The SMILES string of the molecule is c1ccc2cc(-c3c4ccccc4c(-c4cc5ccccc5c5ccccc45)c4cnccc34)ccc2c1. The average Bonchev–Trinajstić information content (AvgIpc) is 2.99. The molecule has 0 spiro atoms. The van der Waals surface area contributed by atoms with Gasteiger partial charge in [0, 0.05) is 17.8 Å². The minimum absolute atomic E-state index is 1.18. The van der Waals surface area contributed by atoms with Crippen molar-refractivity contribution < 1.29 is 0 Å². The lowest BCUT2D eigenvalue weighted by Gasteiger charge is -2.19. The molecule has 0 bridgehead atoms. The van der Waals surface area contributed by atoms with Gasteiger partial charge >= 0.3 is 0 Å². The molecule has 1 aromatic heterocycles. The highest BCUT2D eigenvalue weighted by Crippen LogP contribution is 2.46. The molecule has 8 rings (SSSR count). The fraction of sp³-hybridized carbons (Fsp3) is 0. The lowest BCUT2D eigenvalue weighted by Crippen LogP contribution is -1.93. The topological polar surface area (TPSA) is 12.9 Å². The Morgan fingerprint density at radius 1 is 0.368 bits per heavy atom. The lowest BCUT2D eigenvalue weighted by molar-refractivity contribution is 1.37. The molecule has 0 aliphatic carbocycles. The van der Waals surface area contributed by atoms with Gasteiger partial charge in [-0.3, -0.25) is 4.98 Å². The lowest BCUT2D eigenvalue weighted by atomic mass is 9.84. The van der Waals surface area contributed by atoms with Crippen LogP contribution in [-0.2, 0) is 0 Å². The second-order valence-electron chi connectivity index (χ2n) is 9.97. The van der Waals surface area contributed by atoms with Gasteiger partial charge in [-0.15, -0.1) is 0 Å². The van der Waals surface area contributed by atoms with Gasteiger partial charge in [-0.2, -0.15) is 0 Å². The van der Waals surface area contributed by atoms with E-state index in [9.17, 15) is 0 Å². The van der Waals surface area contributed by atoms with Gasteiger partial charge in [0.05, 0.1) is 0 Å². The molecule has 0 amide bonds. The Morgan fingerprint density at radius 2 is 0.974 bits per heavy atom. The van der Waals surface area contributed by atoms with E-state index in [-0.39, 0.29) is 0 Å². The average molecular weight is 482 g/mol. The van der Waals surface area contributed by atoms with Gasteiger partial charge in [-0.1, -0.05) is 109 Å². The second kappa shape index (κ2) is 8.26. The summed E-state index contributed by atoms with van der Waals surface area (Å²) in [6.07, 6.45) is 3.97. The summed E-state index contributed by atoms with van der Waals surface area (Å²) >= 11 is 0. The van der Waals surface area contributed by atoms with Crippen LogP contribution in [0.3, 0.4) is 0 Å². The molecule has 0 unspecified atom stereocenters. The van der Waals surface area contributed by atoms with Crippen molar-refractivity contribution in [3.8, 4) is 22.3 Å². The minimum Gasteiger partial charge on any atom is -0.264 e. The van der Waals surface area contributed by atoms with E-state index in [4.69, 9.17) is 0 Å². The highest BCUT2D eigenvalue weighted by molar-refractivity contribution is 6.25. The number of nitrogens with zero attached hydrogens (tertiary/aromatic N) is 1. The maximum absolute atomic E-state index is 4.63. The summed E-state index contributed by atoms with van der Waals surface area (Å²) in [5, 5.41) is 12.5. The Labute approximate surface area is 220 Å². The molecule has 1 heterocycles. The first kappa shape index (κ1) is 21.1. The summed E-state index contributed by atoms with van der Waals surface area (Å²) in [5.74, 6) is 0. The van der Waals surface area contributed by atoms with Crippen molar-refractivity contribution in [2.24, 2.45) is 0 Å². The van der Waals surface area contributed by atoms with Crippen LogP contribution in [0.4, 0.5) is 0 Å². The molecule has 8 aromatic rings. The quantitative estimate of drug-likeness (QED) is 0.177. The summed E-state index contributed by atoms with van der Waals surface area (Å²) < 4.78 is 0. The first-order valence-corrected chi connectivity index (χ1v) is 13.1. The van der Waals surface area contributed by atoms with E-state index >= 15 is 0 Å². The molecule has 7 aromatic carbocycles. The van der Waals surface area contributed by atoms with Crippen LogP contribution in [0.5, 0.6) is 0 Å². The summed E-state index contributed by atoms with van der Waals surface area (Å²) in [4.78, 5) is 4.63. The molecular weight excluding hydrogens is 458 g/mol. The third-order valence-corrected chi connectivity index (χ3v) is 7.90. The van der Waals surface area contributed by atoms with E-state index in [1.807, 2.05) is 12.4 Å². The molecular formula is C37H23N. The molecule has 0 saturated heterocycles. The Hall–Kier alpha value is -5.01. The first-order chi connectivity index (χ1) is 18.9. The van der Waals surface area contributed by atoms with Crippen LogP contribution in [0.25, 0.3) is 76.1 Å². The molecule has 0 atom stereocenters. The zero-order valence-corrected chi connectivity index (χ0v) is 20.7. The molecule has 38 heavy (non-hydrogen) atoms. The Bertz CT molecular complexity index is 2130. The fourth-order valence-electron chi connectivity index (χ4n) is 6.23. The summed E-state index contributed by atoms with van der Waals surface area (Å²) in [5.41, 5.74) is 4.98. The molecule has 0 fully saturated rings. The molecule has 1 nitrogen and oxygen atoms in total. The van der Waals surface area contributed by atoms with Crippen LogP contribution in [-0.4, -0.2) is 4.98 Å². The Morgan fingerprint density at radius 3 is 1.79 bits per heavy atom. The number of benzene rings is 7. The summed E-state index contributed by atoms with van der Waals surface area (Å²) in [6, 6.07) is 46.3. The zero-order chi connectivity index (χ0) is 25.1. The zero-order valence-electron chi connectivity index (χ0n) is 20.7. The molecule has 0 saturated carbocycles. The highest BCUT2D eigenvalue weighted by atomic mass is 14.6. The minimum atomic E-state index is 1.18. The van der Waals surface area contributed by atoms with Gasteiger partial charge in [-0.25, -0.2) is 0 Å². The van der Waals surface area contributed by atoms with Crippen LogP contribution in [0.2, 0.25) is 0 Å². The first-order valence-electron chi connectivity index (χ1n) is 13.1. The van der Waals surface area contributed by atoms with Gasteiger partial charge in [0.25, 0.3) is 0 Å². The van der Waals surface area contributed by atoms with Gasteiger partial charge in [0.15, 0.2) is 0 Å². The standard InChI is InChI=1S/C37H23N/c1-2-10-25-21-27(18-17-24(25)9-1)36-31-15-7-8-16-32(31)37(35-23-38-20-19-33(35)36)34-22-26-11-3-4-12-28(26)29-13-5-6-14-30(29)34/h1-23H. The maximum atomic E-state index is 4.63. The van der Waals surface area contributed by atoms with Crippen molar-refractivity contribution in [3.63, 3.8) is 0 Å². The van der Waals surface area contributed by atoms with Crippen LogP contribution in [0.1, 0.15) is 0 Å².